The SMILES string of the molecule is c1ccc(-n2c3ccccc3c3cc4c5cccc6c7c8oc9ccccc9c8ccc7n(c4cc32)c56)cc1. The van der Waals surface area contributed by atoms with Gasteiger partial charge >= 0.3 is 0 Å². The van der Waals surface area contributed by atoms with Gasteiger partial charge in [-0.05, 0) is 48.5 Å². The predicted molar refractivity (Wildman–Crippen MR) is 163 cm³/mol. The Hall–Kier alpha value is -5.28. The largest absolute Gasteiger partial charge is 0.455 e. The Morgan fingerprint density at radius 1 is 0.436 bits per heavy atom. The van der Waals surface area contributed by atoms with Gasteiger partial charge in [-0.15, -0.1) is 0 Å². The smallest absolute Gasteiger partial charge is 0.145 e. The summed E-state index contributed by atoms with van der Waals surface area (Å²) in [5.41, 5.74) is 9.19. The zero-order valence-electron chi connectivity index (χ0n) is 20.8. The number of furan rings is 1. The highest BCUT2D eigenvalue weighted by molar-refractivity contribution is 6.30. The second-order valence-corrected chi connectivity index (χ2v) is 10.5. The fraction of sp³-hybridized carbons (Fsp3) is 0. The van der Waals surface area contributed by atoms with E-state index in [9.17, 15) is 0 Å². The molecule has 0 fully saturated rings. The van der Waals surface area contributed by atoms with Gasteiger partial charge in [-0.1, -0.05) is 72.8 Å². The van der Waals surface area contributed by atoms with Crippen LogP contribution < -0.4 is 0 Å². The molecule has 0 radical (unpaired) electrons. The first-order valence-corrected chi connectivity index (χ1v) is 13.4. The normalized spacial score (nSPS) is 12.6. The van der Waals surface area contributed by atoms with E-state index in [2.05, 4.69) is 124 Å². The standard InChI is InChI=1S/C36H20N2O/c1-2-9-21(10-3-1)37-29-15-6-4-11-22(29)27-19-28-24-13-8-14-26-34-30(38(35(24)26)32(28)20-31(27)37)18-17-25-23-12-5-7-16-33(23)39-36(25)34/h1-20H. The van der Waals surface area contributed by atoms with Crippen LogP contribution in [0.2, 0.25) is 0 Å². The fourth-order valence-corrected chi connectivity index (χ4v) is 7.06. The molecule has 3 heteroatoms. The summed E-state index contributed by atoms with van der Waals surface area (Å²) in [7, 11) is 0. The van der Waals surface area contributed by atoms with Gasteiger partial charge in [-0.25, -0.2) is 0 Å². The van der Waals surface area contributed by atoms with Crippen LogP contribution in [-0.4, -0.2) is 8.97 Å². The highest BCUT2D eigenvalue weighted by Gasteiger charge is 2.23. The van der Waals surface area contributed by atoms with E-state index in [1.807, 2.05) is 6.07 Å². The molecule has 0 spiro atoms. The molecule has 0 aliphatic rings. The molecule has 10 rings (SSSR count). The van der Waals surface area contributed by atoms with Gasteiger partial charge in [0.05, 0.1) is 33.0 Å². The van der Waals surface area contributed by atoms with Crippen LogP contribution in [0.5, 0.6) is 0 Å². The van der Waals surface area contributed by atoms with Crippen molar-refractivity contribution in [2.75, 3.05) is 0 Å². The van der Waals surface area contributed by atoms with Gasteiger partial charge in [0, 0.05) is 43.4 Å². The van der Waals surface area contributed by atoms with E-state index in [1.54, 1.807) is 0 Å². The van der Waals surface area contributed by atoms with Crippen molar-refractivity contribution in [2.24, 2.45) is 0 Å². The van der Waals surface area contributed by atoms with E-state index in [4.69, 9.17) is 4.42 Å². The van der Waals surface area contributed by atoms with Crippen molar-refractivity contribution in [2.45, 2.75) is 0 Å². The first-order valence-electron chi connectivity index (χ1n) is 13.4. The first-order chi connectivity index (χ1) is 19.4. The Morgan fingerprint density at radius 3 is 2.10 bits per heavy atom. The van der Waals surface area contributed by atoms with Crippen LogP contribution in [0.3, 0.4) is 0 Å². The van der Waals surface area contributed by atoms with Crippen molar-refractivity contribution in [1.29, 1.82) is 0 Å². The number of hydrogen-bond acceptors (Lipinski definition) is 1. The van der Waals surface area contributed by atoms with Gasteiger partial charge in [-0.3, -0.25) is 0 Å². The van der Waals surface area contributed by atoms with Gasteiger partial charge in [0.2, 0.25) is 0 Å². The molecule has 0 saturated carbocycles. The fourth-order valence-electron chi connectivity index (χ4n) is 7.06. The quantitative estimate of drug-likeness (QED) is 0.222. The predicted octanol–water partition coefficient (Wildman–Crippen LogP) is 9.83. The lowest BCUT2D eigenvalue weighted by atomic mass is 10.0. The van der Waals surface area contributed by atoms with Gasteiger partial charge < -0.3 is 13.4 Å². The number of nitrogens with zero attached hydrogens (tertiary/aromatic N) is 2. The summed E-state index contributed by atoms with van der Waals surface area (Å²) in [5, 5.41) is 9.88. The lowest BCUT2D eigenvalue weighted by Crippen LogP contribution is -1.93. The minimum atomic E-state index is 0.934. The topological polar surface area (TPSA) is 22.5 Å². The monoisotopic (exact) mass is 496 g/mol. The summed E-state index contributed by atoms with van der Waals surface area (Å²) < 4.78 is 11.4. The highest BCUT2D eigenvalue weighted by Crippen LogP contribution is 2.45. The molecule has 0 amide bonds. The molecule has 0 aliphatic carbocycles. The number of fused-ring (bicyclic) bond motifs is 13. The Morgan fingerprint density at radius 2 is 1.18 bits per heavy atom. The van der Waals surface area contributed by atoms with E-state index in [1.165, 1.54) is 71.0 Å². The number of para-hydroxylation sites is 4. The molecule has 6 aromatic carbocycles. The van der Waals surface area contributed by atoms with Crippen LogP contribution in [0.4, 0.5) is 0 Å². The Kier molecular flexibility index (Phi) is 3.44. The average molecular weight is 497 g/mol. The van der Waals surface area contributed by atoms with Gasteiger partial charge in [-0.2, -0.15) is 0 Å². The third-order valence-electron chi connectivity index (χ3n) is 8.63. The van der Waals surface area contributed by atoms with Crippen LogP contribution in [0.1, 0.15) is 0 Å². The van der Waals surface area contributed by atoms with Crippen molar-refractivity contribution >= 4 is 81.8 Å². The van der Waals surface area contributed by atoms with E-state index >= 15 is 0 Å². The van der Waals surface area contributed by atoms with Crippen molar-refractivity contribution in [3.63, 3.8) is 0 Å². The molecule has 0 bridgehead atoms. The Bertz CT molecular complexity index is 2600. The average Bonchev–Trinajstić information content (AvgIpc) is 3.71. The summed E-state index contributed by atoms with van der Waals surface area (Å²) in [6.45, 7) is 0. The molecule has 4 aromatic heterocycles. The molecule has 4 heterocycles. The lowest BCUT2D eigenvalue weighted by Gasteiger charge is -2.07. The van der Waals surface area contributed by atoms with Gasteiger partial charge in [0.25, 0.3) is 0 Å². The van der Waals surface area contributed by atoms with E-state index in [0.29, 0.717) is 0 Å². The van der Waals surface area contributed by atoms with E-state index in [0.717, 1.165) is 16.6 Å². The number of aromatic nitrogens is 2. The van der Waals surface area contributed by atoms with Crippen molar-refractivity contribution in [3.8, 4) is 5.69 Å². The Balaban J connectivity index is 1.44. The molecule has 10 aromatic rings. The summed E-state index contributed by atoms with van der Waals surface area (Å²) in [6.07, 6.45) is 0. The molecule has 3 nitrogen and oxygen atoms in total. The maximum absolute atomic E-state index is 6.51. The first kappa shape index (κ1) is 19.8. The summed E-state index contributed by atoms with van der Waals surface area (Å²) in [5.74, 6) is 0. The van der Waals surface area contributed by atoms with E-state index in [-0.39, 0.29) is 0 Å². The van der Waals surface area contributed by atoms with Crippen molar-refractivity contribution < 1.29 is 4.42 Å². The van der Waals surface area contributed by atoms with Crippen molar-refractivity contribution in [3.05, 3.63) is 121 Å². The third kappa shape index (κ3) is 2.31. The minimum absolute atomic E-state index is 0.934. The van der Waals surface area contributed by atoms with Crippen LogP contribution in [0.25, 0.3) is 87.5 Å². The Labute approximate surface area is 222 Å². The number of rotatable bonds is 1. The highest BCUT2D eigenvalue weighted by atomic mass is 16.3. The molecule has 0 saturated heterocycles. The van der Waals surface area contributed by atoms with Gasteiger partial charge in [0.15, 0.2) is 0 Å². The number of hydrogen-bond donors (Lipinski definition) is 0. The molecule has 39 heavy (non-hydrogen) atoms. The lowest BCUT2D eigenvalue weighted by molar-refractivity contribution is 0.673. The molecule has 0 N–H and O–H groups in total. The molecule has 0 atom stereocenters. The van der Waals surface area contributed by atoms with E-state index < -0.39 is 0 Å². The number of benzene rings is 6. The summed E-state index contributed by atoms with van der Waals surface area (Å²) in [6, 6.07) is 43.7. The van der Waals surface area contributed by atoms with Crippen LogP contribution in [0, 0.1) is 0 Å². The maximum atomic E-state index is 6.51. The summed E-state index contributed by atoms with van der Waals surface area (Å²) >= 11 is 0. The zero-order valence-corrected chi connectivity index (χ0v) is 20.8. The second-order valence-electron chi connectivity index (χ2n) is 10.5. The van der Waals surface area contributed by atoms with Gasteiger partial charge in [0.1, 0.15) is 11.2 Å². The third-order valence-corrected chi connectivity index (χ3v) is 8.63. The zero-order chi connectivity index (χ0) is 25.2. The summed E-state index contributed by atoms with van der Waals surface area (Å²) in [4.78, 5) is 0. The second kappa shape index (κ2) is 6.77. The maximum Gasteiger partial charge on any atom is 0.145 e. The molecule has 0 aliphatic heterocycles. The molecular formula is C36H20N2O. The van der Waals surface area contributed by atoms with Crippen molar-refractivity contribution in [1.82, 2.24) is 8.97 Å². The van der Waals surface area contributed by atoms with Crippen LogP contribution in [-0.2, 0) is 0 Å². The minimum Gasteiger partial charge on any atom is -0.455 e. The van der Waals surface area contributed by atoms with Crippen LogP contribution in [0.15, 0.2) is 126 Å². The molecule has 0 unspecified atom stereocenters. The molecular weight excluding hydrogens is 476 g/mol. The van der Waals surface area contributed by atoms with Crippen LogP contribution >= 0.6 is 0 Å². The molecule has 180 valence electrons.